The summed E-state index contributed by atoms with van der Waals surface area (Å²) in [4.78, 5) is 40.4. The fourth-order valence-electron chi connectivity index (χ4n) is 4.14. The lowest BCUT2D eigenvalue weighted by Gasteiger charge is -2.20. The number of nitrogens with zero attached hydrogens (tertiary/aromatic N) is 2. The second kappa shape index (κ2) is 10.0. The van der Waals surface area contributed by atoms with Crippen LogP contribution in [0.1, 0.15) is 41.6 Å². The van der Waals surface area contributed by atoms with Gasteiger partial charge in [0.05, 0.1) is 5.56 Å². The van der Waals surface area contributed by atoms with E-state index in [2.05, 4.69) is 5.32 Å². The van der Waals surface area contributed by atoms with Crippen molar-refractivity contribution in [2.24, 2.45) is 0 Å². The van der Waals surface area contributed by atoms with Crippen molar-refractivity contribution in [3.05, 3.63) is 70.9 Å². The van der Waals surface area contributed by atoms with E-state index in [0.29, 0.717) is 16.0 Å². The molecule has 1 fully saturated rings. The molecule has 0 radical (unpaired) electrons. The molecule has 0 bridgehead atoms. The maximum Gasteiger partial charge on any atom is 0.292 e. The standard InChI is InChI=1S/C25H26ClN3O3/c26-21-11-5-3-9-18(21)15-27-25(32)24(31)20-16-29(22-12-6-4-10-19(20)22)17-23(30)28-13-7-1-2-8-14-28/h3-6,9-12,16H,1-2,7-8,13-15,17H2,(H,27,32). The van der Waals surface area contributed by atoms with Crippen LogP contribution in [0, 0.1) is 0 Å². The number of amides is 2. The Morgan fingerprint density at radius 2 is 1.59 bits per heavy atom. The Kier molecular flexibility index (Phi) is 6.90. The molecule has 32 heavy (non-hydrogen) atoms. The van der Waals surface area contributed by atoms with Crippen molar-refractivity contribution in [2.45, 2.75) is 38.8 Å². The Balaban J connectivity index is 1.52. The zero-order valence-electron chi connectivity index (χ0n) is 17.9. The Hall–Kier alpha value is -3.12. The Bertz CT molecular complexity index is 1150. The fourth-order valence-corrected chi connectivity index (χ4v) is 4.35. The third-order valence-electron chi connectivity index (χ3n) is 5.90. The van der Waals surface area contributed by atoms with Gasteiger partial charge in [0.1, 0.15) is 6.54 Å². The van der Waals surface area contributed by atoms with Gasteiger partial charge in [-0.2, -0.15) is 0 Å². The first-order valence-corrected chi connectivity index (χ1v) is 11.3. The lowest BCUT2D eigenvalue weighted by atomic mass is 10.1. The lowest BCUT2D eigenvalue weighted by molar-refractivity contribution is -0.131. The molecule has 4 rings (SSSR count). The number of carbonyl (C=O) groups excluding carboxylic acids is 3. The van der Waals surface area contributed by atoms with Gasteiger partial charge in [-0.25, -0.2) is 0 Å². The SMILES string of the molecule is O=C(NCc1ccccc1Cl)C(=O)c1cn(CC(=O)N2CCCCCC2)c2ccccc12. The number of nitrogens with one attached hydrogen (secondary N) is 1. The van der Waals surface area contributed by atoms with Crippen LogP contribution in [0.25, 0.3) is 10.9 Å². The third kappa shape index (κ3) is 4.86. The molecule has 0 saturated carbocycles. The first-order chi connectivity index (χ1) is 15.5. The molecule has 7 heteroatoms. The van der Waals surface area contributed by atoms with Gasteiger partial charge < -0.3 is 14.8 Å². The lowest BCUT2D eigenvalue weighted by Crippen LogP contribution is -2.34. The zero-order valence-corrected chi connectivity index (χ0v) is 18.6. The molecule has 166 valence electrons. The Morgan fingerprint density at radius 1 is 0.906 bits per heavy atom. The smallest absolute Gasteiger partial charge is 0.292 e. The molecular formula is C25H26ClN3O3. The highest BCUT2D eigenvalue weighted by Crippen LogP contribution is 2.23. The summed E-state index contributed by atoms with van der Waals surface area (Å²) in [7, 11) is 0. The van der Waals surface area contributed by atoms with Crippen molar-refractivity contribution in [1.29, 1.82) is 0 Å². The Morgan fingerprint density at radius 3 is 2.34 bits per heavy atom. The van der Waals surface area contributed by atoms with E-state index in [1.807, 2.05) is 29.2 Å². The van der Waals surface area contributed by atoms with E-state index in [1.165, 1.54) is 0 Å². The van der Waals surface area contributed by atoms with E-state index in [4.69, 9.17) is 11.6 Å². The molecule has 2 aromatic carbocycles. The molecular weight excluding hydrogens is 426 g/mol. The molecule has 0 unspecified atom stereocenters. The van der Waals surface area contributed by atoms with Crippen LogP contribution in [0.5, 0.6) is 0 Å². The number of benzene rings is 2. The Labute approximate surface area is 192 Å². The molecule has 1 aromatic heterocycles. The number of halogens is 1. The molecule has 2 amide bonds. The van der Waals surface area contributed by atoms with E-state index >= 15 is 0 Å². The fraction of sp³-hybridized carbons (Fsp3) is 0.320. The molecule has 1 N–H and O–H groups in total. The van der Waals surface area contributed by atoms with Crippen LogP contribution in [0.4, 0.5) is 0 Å². The number of carbonyl (C=O) groups is 3. The van der Waals surface area contributed by atoms with Gasteiger partial charge in [0.25, 0.3) is 11.7 Å². The summed E-state index contributed by atoms with van der Waals surface area (Å²) in [5, 5.41) is 3.85. The molecule has 0 atom stereocenters. The minimum absolute atomic E-state index is 0.0369. The molecule has 6 nitrogen and oxygen atoms in total. The van der Waals surface area contributed by atoms with Gasteiger partial charge in [0.2, 0.25) is 5.91 Å². The molecule has 0 aliphatic carbocycles. The minimum Gasteiger partial charge on any atom is -0.345 e. The number of likely N-dealkylation sites (tertiary alicyclic amines) is 1. The molecule has 2 heterocycles. The second-order valence-electron chi connectivity index (χ2n) is 8.09. The van der Waals surface area contributed by atoms with Gasteiger partial charge in [0, 0.05) is 41.8 Å². The highest BCUT2D eigenvalue weighted by molar-refractivity contribution is 6.45. The number of ketones is 1. The third-order valence-corrected chi connectivity index (χ3v) is 6.27. The first-order valence-electron chi connectivity index (χ1n) is 11.0. The van der Waals surface area contributed by atoms with Crippen molar-refractivity contribution in [3.8, 4) is 0 Å². The van der Waals surface area contributed by atoms with Crippen molar-refractivity contribution in [1.82, 2.24) is 14.8 Å². The summed E-state index contributed by atoms with van der Waals surface area (Å²) in [6.45, 7) is 1.86. The molecule has 0 spiro atoms. The van der Waals surface area contributed by atoms with Crippen LogP contribution in [0.15, 0.2) is 54.7 Å². The van der Waals surface area contributed by atoms with Crippen LogP contribution in [0.3, 0.4) is 0 Å². The number of fused-ring (bicyclic) bond motifs is 1. The number of rotatable bonds is 6. The van der Waals surface area contributed by atoms with E-state index in [9.17, 15) is 14.4 Å². The molecule has 1 aliphatic heterocycles. The maximum atomic E-state index is 13.0. The van der Waals surface area contributed by atoms with Crippen LogP contribution in [-0.4, -0.2) is 40.2 Å². The van der Waals surface area contributed by atoms with E-state index in [1.54, 1.807) is 35.0 Å². The van der Waals surface area contributed by atoms with E-state index < -0.39 is 11.7 Å². The average molecular weight is 452 g/mol. The predicted molar refractivity (Wildman–Crippen MR) is 125 cm³/mol. The van der Waals surface area contributed by atoms with Gasteiger partial charge in [0.15, 0.2) is 0 Å². The van der Waals surface area contributed by atoms with Crippen LogP contribution in [-0.2, 0) is 22.7 Å². The van der Waals surface area contributed by atoms with Crippen molar-refractivity contribution in [2.75, 3.05) is 13.1 Å². The zero-order chi connectivity index (χ0) is 22.5. The highest BCUT2D eigenvalue weighted by Gasteiger charge is 2.23. The van der Waals surface area contributed by atoms with Crippen molar-refractivity contribution < 1.29 is 14.4 Å². The highest BCUT2D eigenvalue weighted by atomic mass is 35.5. The van der Waals surface area contributed by atoms with Gasteiger partial charge in [-0.05, 0) is 30.5 Å². The van der Waals surface area contributed by atoms with Gasteiger partial charge in [-0.1, -0.05) is 60.8 Å². The molecule has 3 aromatic rings. The van der Waals surface area contributed by atoms with E-state index in [0.717, 1.165) is 49.9 Å². The number of aromatic nitrogens is 1. The van der Waals surface area contributed by atoms with Crippen molar-refractivity contribution >= 4 is 40.1 Å². The number of para-hydroxylation sites is 1. The minimum atomic E-state index is -0.702. The predicted octanol–water partition coefficient (Wildman–Crippen LogP) is 4.20. The monoisotopic (exact) mass is 451 g/mol. The van der Waals surface area contributed by atoms with Gasteiger partial charge >= 0.3 is 0 Å². The summed E-state index contributed by atoms with van der Waals surface area (Å²) in [5.74, 6) is -1.30. The average Bonchev–Trinajstić information content (AvgIpc) is 2.97. The van der Waals surface area contributed by atoms with Crippen molar-refractivity contribution in [3.63, 3.8) is 0 Å². The van der Waals surface area contributed by atoms with Crippen LogP contribution >= 0.6 is 11.6 Å². The normalized spacial score (nSPS) is 14.2. The maximum absolute atomic E-state index is 13.0. The van der Waals surface area contributed by atoms with Crippen LogP contribution in [0.2, 0.25) is 5.02 Å². The number of Topliss-reactive ketones (excluding diaryl/α,β-unsaturated/α-hetero) is 1. The summed E-state index contributed by atoms with van der Waals surface area (Å²) in [6.07, 6.45) is 5.97. The quantitative estimate of drug-likeness (QED) is 0.451. The van der Waals surface area contributed by atoms with Crippen LogP contribution < -0.4 is 5.32 Å². The largest absolute Gasteiger partial charge is 0.345 e. The van der Waals surface area contributed by atoms with E-state index in [-0.39, 0.29) is 19.0 Å². The summed E-state index contributed by atoms with van der Waals surface area (Å²) < 4.78 is 1.77. The molecule has 1 aliphatic rings. The summed E-state index contributed by atoms with van der Waals surface area (Å²) in [5.41, 5.74) is 1.79. The first kappa shape index (κ1) is 22.1. The second-order valence-corrected chi connectivity index (χ2v) is 8.49. The summed E-state index contributed by atoms with van der Waals surface area (Å²) >= 11 is 6.13. The van der Waals surface area contributed by atoms with Gasteiger partial charge in [-0.3, -0.25) is 14.4 Å². The summed E-state index contributed by atoms with van der Waals surface area (Å²) in [6, 6.07) is 14.5. The number of hydrogen-bond donors (Lipinski definition) is 1. The topological polar surface area (TPSA) is 71.4 Å². The molecule has 1 saturated heterocycles. The van der Waals surface area contributed by atoms with Gasteiger partial charge in [-0.15, -0.1) is 0 Å². The number of hydrogen-bond acceptors (Lipinski definition) is 3.